The Hall–Kier alpha value is -2.12. The van der Waals surface area contributed by atoms with Crippen LogP contribution in [0.5, 0.6) is 0 Å². The molecule has 0 aliphatic carbocycles. The third-order valence-electron chi connectivity index (χ3n) is 6.40. The van der Waals surface area contributed by atoms with Crippen LogP contribution in [-0.4, -0.2) is 51.9 Å². The van der Waals surface area contributed by atoms with Crippen LogP contribution in [0.15, 0.2) is 41.6 Å². The van der Waals surface area contributed by atoms with E-state index in [0.29, 0.717) is 12.8 Å². The van der Waals surface area contributed by atoms with Gasteiger partial charge in [-0.05, 0) is 31.6 Å². The second-order valence-corrected chi connectivity index (χ2v) is 8.90. The van der Waals surface area contributed by atoms with Crippen molar-refractivity contribution in [2.45, 2.75) is 55.6 Å². The standard InChI is InChI=1S/C22H26N4O2S/c1-15-14-18(24-21(23-15)29-2)25-12-10-22(11-13-25)20(27)26-17(8-9-19(26)28-22)16-6-4-3-5-7-16/h3-7,14,17,19H,8-13H2,1-2H3/t17-,19+/m0/s1. The van der Waals surface area contributed by atoms with Gasteiger partial charge in [-0.3, -0.25) is 4.79 Å². The summed E-state index contributed by atoms with van der Waals surface area (Å²) in [4.78, 5) is 26.9. The fourth-order valence-electron chi connectivity index (χ4n) is 4.92. The summed E-state index contributed by atoms with van der Waals surface area (Å²) in [5, 5.41) is 0.792. The monoisotopic (exact) mass is 410 g/mol. The van der Waals surface area contributed by atoms with Crippen LogP contribution in [0.4, 0.5) is 5.82 Å². The molecule has 3 aliphatic heterocycles. The smallest absolute Gasteiger partial charge is 0.257 e. The summed E-state index contributed by atoms with van der Waals surface area (Å²) in [6, 6.07) is 12.5. The van der Waals surface area contributed by atoms with Crippen LogP contribution < -0.4 is 4.90 Å². The van der Waals surface area contributed by atoms with Crippen molar-refractivity contribution in [3.05, 3.63) is 47.7 Å². The number of thioether (sulfide) groups is 1. The normalized spacial score (nSPS) is 25.7. The van der Waals surface area contributed by atoms with E-state index in [2.05, 4.69) is 27.0 Å². The number of nitrogens with zero attached hydrogens (tertiary/aromatic N) is 4. The van der Waals surface area contributed by atoms with Crippen molar-refractivity contribution >= 4 is 23.5 Å². The predicted molar refractivity (Wildman–Crippen MR) is 113 cm³/mol. The molecule has 29 heavy (non-hydrogen) atoms. The highest BCUT2D eigenvalue weighted by atomic mass is 32.2. The zero-order valence-electron chi connectivity index (χ0n) is 16.9. The molecule has 0 radical (unpaired) electrons. The molecule has 0 saturated carbocycles. The van der Waals surface area contributed by atoms with E-state index in [9.17, 15) is 4.79 Å². The number of carbonyl (C=O) groups excluding carboxylic acids is 1. The van der Waals surface area contributed by atoms with Crippen molar-refractivity contribution in [2.75, 3.05) is 24.2 Å². The second kappa shape index (κ2) is 7.29. The summed E-state index contributed by atoms with van der Waals surface area (Å²) in [6.07, 6.45) is 5.21. The fraction of sp³-hybridized carbons (Fsp3) is 0.500. The Morgan fingerprint density at radius 1 is 1.14 bits per heavy atom. The number of fused-ring (bicyclic) bond motifs is 1. The summed E-state index contributed by atoms with van der Waals surface area (Å²) < 4.78 is 6.44. The van der Waals surface area contributed by atoms with E-state index in [0.717, 1.165) is 42.6 Å². The van der Waals surface area contributed by atoms with Gasteiger partial charge in [-0.2, -0.15) is 0 Å². The average molecular weight is 411 g/mol. The van der Waals surface area contributed by atoms with Crippen molar-refractivity contribution < 1.29 is 9.53 Å². The number of amides is 1. The molecule has 3 saturated heterocycles. The first-order chi connectivity index (χ1) is 14.1. The number of carbonyl (C=O) groups is 1. The molecule has 1 aromatic carbocycles. The van der Waals surface area contributed by atoms with Crippen LogP contribution in [0, 0.1) is 6.92 Å². The lowest BCUT2D eigenvalue weighted by atomic mass is 9.89. The van der Waals surface area contributed by atoms with Crippen LogP contribution in [0.1, 0.15) is 43.0 Å². The van der Waals surface area contributed by atoms with E-state index in [1.165, 1.54) is 5.56 Å². The van der Waals surface area contributed by atoms with Crippen LogP contribution in [0.2, 0.25) is 0 Å². The molecule has 1 amide bonds. The lowest BCUT2D eigenvalue weighted by Crippen LogP contribution is -2.50. The minimum absolute atomic E-state index is 0.0800. The number of anilines is 1. The fourth-order valence-corrected chi connectivity index (χ4v) is 5.34. The number of hydrogen-bond donors (Lipinski definition) is 0. The van der Waals surface area contributed by atoms with Crippen LogP contribution in [-0.2, 0) is 9.53 Å². The van der Waals surface area contributed by atoms with E-state index in [-0.39, 0.29) is 18.2 Å². The minimum Gasteiger partial charge on any atom is -0.356 e. The topological polar surface area (TPSA) is 58.6 Å². The summed E-state index contributed by atoms with van der Waals surface area (Å²) >= 11 is 1.56. The molecule has 3 aliphatic rings. The minimum atomic E-state index is -0.668. The lowest BCUT2D eigenvalue weighted by molar-refractivity contribution is -0.140. The van der Waals surface area contributed by atoms with Gasteiger partial charge in [0.2, 0.25) is 0 Å². The number of hydrogen-bond acceptors (Lipinski definition) is 6. The summed E-state index contributed by atoms with van der Waals surface area (Å²) in [5.74, 6) is 1.13. The summed E-state index contributed by atoms with van der Waals surface area (Å²) in [6.45, 7) is 3.54. The molecule has 0 N–H and O–H groups in total. The van der Waals surface area contributed by atoms with Gasteiger partial charge < -0.3 is 14.5 Å². The number of aromatic nitrogens is 2. The molecule has 7 heteroatoms. The van der Waals surface area contributed by atoms with Gasteiger partial charge >= 0.3 is 0 Å². The predicted octanol–water partition coefficient (Wildman–Crippen LogP) is 3.57. The summed E-state index contributed by atoms with van der Waals surface area (Å²) in [5.41, 5.74) is 1.51. The zero-order chi connectivity index (χ0) is 20.0. The van der Waals surface area contributed by atoms with E-state index in [1.54, 1.807) is 11.8 Å². The SMILES string of the molecule is CSc1nc(C)cc(N2CCC3(CC2)O[C@@H]2CC[C@@H](c4ccccc4)N2C3=O)n1. The Bertz CT molecular complexity index is 914. The quantitative estimate of drug-likeness (QED) is 0.570. The molecule has 152 valence electrons. The number of rotatable bonds is 3. The second-order valence-electron chi connectivity index (χ2n) is 8.12. The molecule has 1 spiro atoms. The maximum atomic E-state index is 13.5. The Morgan fingerprint density at radius 2 is 1.90 bits per heavy atom. The van der Waals surface area contributed by atoms with E-state index >= 15 is 0 Å². The molecule has 0 unspecified atom stereocenters. The van der Waals surface area contributed by atoms with Crippen LogP contribution in [0.25, 0.3) is 0 Å². The van der Waals surface area contributed by atoms with E-state index in [1.807, 2.05) is 42.3 Å². The Morgan fingerprint density at radius 3 is 2.62 bits per heavy atom. The number of ether oxygens (including phenoxy) is 1. The Balaban J connectivity index is 1.33. The van der Waals surface area contributed by atoms with Crippen molar-refractivity contribution in [1.82, 2.24) is 14.9 Å². The highest BCUT2D eigenvalue weighted by Gasteiger charge is 2.57. The third kappa shape index (κ3) is 3.20. The largest absolute Gasteiger partial charge is 0.356 e. The molecular formula is C22H26N4O2S. The van der Waals surface area contributed by atoms with Gasteiger partial charge in [-0.25, -0.2) is 9.97 Å². The van der Waals surface area contributed by atoms with Crippen molar-refractivity contribution in [3.8, 4) is 0 Å². The van der Waals surface area contributed by atoms with Crippen LogP contribution in [0.3, 0.4) is 0 Å². The van der Waals surface area contributed by atoms with Gasteiger partial charge in [0.05, 0.1) is 6.04 Å². The third-order valence-corrected chi connectivity index (χ3v) is 6.95. The van der Waals surface area contributed by atoms with E-state index in [4.69, 9.17) is 4.74 Å². The zero-order valence-corrected chi connectivity index (χ0v) is 17.7. The van der Waals surface area contributed by atoms with Gasteiger partial charge in [-0.15, -0.1) is 0 Å². The average Bonchev–Trinajstić information content (AvgIpc) is 3.27. The summed E-state index contributed by atoms with van der Waals surface area (Å²) in [7, 11) is 0. The molecule has 4 heterocycles. The first kappa shape index (κ1) is 18.9. The van der Waals surface area contributed by atoms with E-state index < -0.39 is 5.60 Å². The maximum absolute atomic E-state index is 13.5. The molecule has 0 bridgehead atoms. The van der Waals surface area contributed by atoms with Gasteiger partial charge in [0.25, 0.3) is 5.91 Å². The van der Waals surface area contributed by atoms with Gasteiger partial charge in [0, 0.05) is 37.7 Å². The molecule has 2 aromatic rings. The van der Waals surface area contributed by atoms with Crippen molar-refractivity contribution in [3.63, 3.8) is 0 Å². The molecule has 5 rings (SSSR count). The Kier molecular flexibility index (Phi) is 4.75. The highest BCUT2D eigenvalue weighted by molar-refractivity contribution is 7.98. The Labute approximate surface area is 175 Å². The number of piperidine rings is 1. The van der Waals surface area contributed by atoms with Gasteiger partial charge in [0.1, 0.15) is 12.0 Å². The first-order valence-corrected chi connectivity index (χ1v) is 11.5. The maximum Gasteiger partial charge on any atom is 0.257 e. The number of benzene rings is 1. The van der Waals surface area contributed by atoms with Gasteiger partial charge in [-0.1, -0.05) is 42.1 Å². The van der Waals surface area contributed by atoms with Gasteiger partial charge in [0.15, 0.2) is 10.8 Å². The number of aryl methyl sites for hydroxylation is 1. The molecule has 1 aromatic heterocycles. The first-order valence-electron chi connectivity index (χ1n) is 10.3. The highest BCUT2D eigenvalue weighted by Crippen LogP contribution is 2.47. The van der Waals surface area contributed by atoms with Crippen LogP contribution >= 0.6 is 11.8 Å². The van der Waals surface area contributed by atoms with Crippen molar-refractivity contribution in [1.29, 1.82) is 0 Å². The van der Waals surface area contributed by atoms with Crippen molar-refractivity contribution in [2.24, 2.45) is 0 Å². The molecule has 3 fully saturated rings. The molecular weight excluding hydrogens is 384 g/mol. The lowest BCUT2D eigenvalue weighted by Gasteiger charge is -2.38. The molecule has 6 nitrogen and oxygen atoms in total. The molecule has 2 atom stereocenters.